The molecule has 3 atom stereocenters. The van der Waals surface area contributed by atoms with Gasteiger partial charge in [0.1, 0.15) is 23.3 Å². The number of benzene rings is 2. The van der Waals surface area contributed by atoms with E-state index in [4.69, 9.17) is 14.2 Å². The quantitative estimate of drug-likeness (QED) is 0.683. The van der Waals surface area contributed by atoms with Crippen molar-refractivity contribution in [1.29, 1.82) is 0 Å². The van der Waals surface area contributed by atoms with E-state index in [1.807, 2.05) is 24.3 Å². The number of ether oxygens (including phenoxy) is 3. The number of amides is 2. The van der Waals surface area contributed by atoms with E-state index >= 15 is 0 Å². The van der Waals surface area contributed by atoms with Crippen LogP contribution in [0.1, 0.15) is 18.0 Å². The molecule has 2 amide bonds. The Labute approximate surface area is 180 Å². The monoisotopic (exact) mass is 423 g/mol. The Bertz CT molecular complexity index is 1040. The molecule has 3 aliphatic heterocycles. The van der Waals surface area contributed by atoms with Gasteiger partial charge in [-0.25, -0.2) is 14.9 Å². The normalized spacial score (nSPS) is 25.6. The molecule has 2 aromatic rings. The lowest BCUT2D eigenvalue weighted by Crippen LogP contribution is -2.44. The summed E-state index contributed by atoms with van der Waals surface area (Å²) < 4.78 is 16.3. The van der Waals surface area contributed by atoms with Crippen LogP contribution in [0.2, 0.25) is 0 Å². The van der Waals surface area contributed by atoms with Crippen LogP contribution in [0.5, 0.6) is 17.2 Å². The first kappa shape index (κ1) is 19.8. The molecule has 0 aromatic heterocycles. The Kier molecular flexibility index (Phi) is 4.83. The maximum Gasteiger partial charge on any atom is 0.253 e. The topological polar surface area (TPSA) is 71.6 Å². The van der Waals surface area contributed by atoms with E-state index in [2.05, 4.69) is 10.0 Å². The number of rotatable bonds is 5. The van der Waals surface area contributed by atoms with E-state index < -0.39 is 12.0 Å². The lowest BCUT2D eigenvalue weighted by Gasteiger charge is -2.30. The van der Waals surface area contributed by atoms with Crippen molar-refractivity contribution in [1.82, 2.24) is 10.0 Å². The van der Waals surface area contributed by atoms with Gasteiger partial charge in [-0.05, 0) is 24.6 Å². The summed E-state index contributed by atoms with van der Waals surface area (Å²) in [6.07, 6.45) is 0.947. The number of anilines is 1. The smallest absolute Gasteiger partial charge is 0.253 e. The summed E-state index contributed by atoms with van der Waals surface area (Å²) in [5.74, 6) is 0.786. The summed E-state index contributed by atoms with van der Waals surface area (Å²) in [7, 11) is 4.71. The van der Waals surface area contributed by atoms with E-state index in [9.17, 15) is 9.59 Å². The molecule has 3 saturated heterocycles. The first-order valence-electron chi connectivity index (χ1n) is 10.4. The Morgan fingerprint density at radius 2 is 1.52 bits per heavy atom. The zero-order chi connectivity index (χ0) is 21.7. The fourth-order valence-corrected chi connectivity index (χ4v) is 5.21. The molecule has 3 heterocycles. The van der Waals surface area contributed by atoms with Crippen LogP contribution >= 0.6 is 0 Å². The Hall–Kier alpha value is -3.10. The molecule has 0 saturated carbocycles. The molecule has 0 spiro atoms. The molecule has 0 radical (unpaired) electrons. The highest BCUT2D eigenvalue weighted by Crippen LogP contribution is 2.51. The zero-order valence-corrected chi connectivity index (χ0v) is 17.8. The number of nitrogens with zero attached hydrogens (tertiary/aromatic N) is 3. The molecule has 3 fully saturated rings. The average Bonchev–Trinajstić information content (AvgIpc) is 3.45. The molecule has 0 N–H and O–H groups in total. The van der Waals surface area contributed by atoms with Gasteiger partial charge < -0.3 is 14.2 Å². The Morgan fingerprint density at radius 3 is 2.23 bits per heavy atom. The van der Waals surface area contributed by atoms with Gasteiger partial charge in [-0.3, -0.25) is 9.59 Å². The second-order valence-corrected chi connectivity index (χ2v) is 7.89. The fourth-order valence-electron chi connectivity index (χ4n) is 5.21. The van der Waals surface area contributed by atoms with Crippen molar-refractivity contribution in [3.8, 4) is 17.2 Å². The molecule has 5 rings (SSSR count). The van der Waals surface area contributed by atoms with Gasteiger partial charge in [0.2, 0.25) is 5.91 Å². The molecule has 0 unspecified atom stereocenters. The van der Waals surface area contributed by atoms with Crippen molar-refractivity contribution >= 4 is 17.5 Å². The number of methoxy groups -OCH3 is 3. The van der Waals surface area contributed by atoms with E-state index in [0.717, 1.165) is 30.8 Å². The van der Waals surface area contributed by atoms with Gasteiger partial charge in [-0.2, -0.15) is 0 Å². The number of hydrogen-bond acceptors (Lipinski definition) is 7. The average molecular weight is 423 g/mol. The number of imide groups is 1. The maximum atomic E-state index is 13.8. The van der Waals surface area contributed by atoms with Gasteiger partial charge in [0.25, 0.3) is 5.91 Å². The van der Waals surface area contributed by atoms with E-state index in [1.165, 1.54) is 12.0 Å². The van der Waals surface area contributed by atoms with Crippen molar-refractivity contribution in [3.05, 3.63) is 48.0 Å². The fraction of sp³-hybridized carbons (Fsp3) is 0.391. The van der Waals surface area contributed by atoms with Gasteiger partial charge in [-0.1, -0.05) is 18.2 Å². The minimum Gasteiger partial charge on any atom is -0.497 e. The van der Waals surface area contributed by atoms with Crippen LogP contribution in [0, 0.1) is 5.92 Å². The van der Waals surface area contributed by atoms with Crippen LogP contribution in [0.3, 0.4) is 0 Å². The molecule has 162 valence electrons. The Balaban J connectivity index is 1.60. The molecule has 8 heteroatoms. The SMILES string of the molecule is COc1ccc(N2C(=O)[C@@H]3[C@@H](C2=O)N2CCCN2[C@@H]3c2ccccc2OC)c(OC)c1. The summed E-state index contributed by atoms with van der Waals surface area (Å²) in [5, 5.41) is 4.24. The van der Waals surface area contributed by atoms with Gasteiger partial charge in [-0.15, -0.1) is 0 Å². The Morgan fingerprint density at radius 1 is 0.806 bits per heavy atom. The molecular weight excluding hydrogens is 398 g/mol. The maximum absolute atomic E-state index is 13.8. The second kappa shape index (κ2) is 7.55. The first-order chi connectivity index (χ1) is 15.1. The van der Waals surface area contributed by atoms with E-state index in [-0.39, 0.29) is 17.9 Å². The standard InChI is InChI=1S/C23H25N3O5/c1-29-14-9-10-16(18(13-14)31-3)26-22(27)19-20(15-7-4-5-8-17(15)30-2)24-11-6-12-25(24)21(19)23(26)28/h4-5,7-10,13,19-21H,6,11-12H2,1-3H3/t19-,20+,21-/m0/s1. The number of fused-ring (bicyclic) bond motifs is 3. The lowest BCUT2D eigenvalue weighted by molar-refractivity contribution is -0.126. The molecule has 2 aromatic carbocycles. The largest absolute Gasteiger partial charge is 0.497 e. The number of carbonyl (C=O) groups excluding carboxylic acids is 2. The summed E-state index contributed by atoms with van der Waals surface area (Å²) >= 11 is 0. The highest BCUT2D eigenvalue weighted by Gasteiger charge is 2.63. The van der Waals surface area contributed by atoms with E-state index in [1.54, 1.807) is 32.4 Å². The minimum atomic E-state index is -0.531. The summed E-state index contributed by atoms with van der Waals surface area (Å²) in [6.45, 7) is 1.56. The third-order valence-electron chi connectivity index (χ3n) is 6.49. The minimum absolute atomic E-state index is 0.219. The van der Waals surface area contributed by atoms with Crippen LogP contribution in [-0.4, -0.2) is 62.3 Å². The lowest BCUT2D eigenvalue weighted by atomic mass is 9.89. The summed E-state index contributed by atoms with van der Waals surface area (Å²) in [6, 6.07) is 12.1. The third kappa shape index (κ3) is 2.82. The highest BCUT2D eigenvalue weighted by molar-refractivity contribution is 6.24. The van der Waals surface area contributed by atoms with Crippen molar-refractivity contribution in [2.75, 3.05) is 39.3 Å². The van der Waals surface area contributed by atoms with Gasteiger partial charge in [0.15, 0.2) is 0 Å². The third-order valence-corrected chi connectivity index (χ3v) is 6.49. The predicted molar refractivity (Wildman–Crippen MR) is 113 cm³/mol. The molecule has 31 heavy (non-hydrogen) atoms. The van der Waals surface area contributed by atoms with Crippen LogP contribution in [0.25, 0.3) is 0 Å². The number of carbonyl (C=O) groups is 2. The van der Waals surface area contributed by atoms with Crippen molar-refractivity contribution < 1.29 is 23.8 Å². The van der Waals surface area contributed by atoms with Gasteiger partial charge >= 0.3 is 0 Å². The van der Waals surface area contributed by atoms with Crippen LogP contribution in [-0.2, 0) is 9.59 Å². The first-order valence-corrected chi connectivity index (χ1v) is 10.4. The van der Waals surface area contributed by atoms with E-state index in [0.29, 0.717) is 17.2 Å². The summed E-state index contributed by atoms with van der Waals surface area (Å²) in [5.41, 5.74) is 1.37. The molecule has 0 bridgehead atoms. The molecule has 3 aliphatic rings. The predicted octanol–water partition coefficient (Wildman–Crippen LogP) is 2.25. The second-order valence-electron chi connectivity index (χ2n) is 7.89. The molecule has 8 nitrogen and oxygen atoms in total. The van der Waals surface area contributed by atoms with Crippen LogP contribution in [0.15, 0.2) is 42.5 Å². The van der Waals surface area contributed by atoms with Gasteiger partial charge in [0.05, 0.1) is 39.0 Å². The van der Waals surface area contributed by atoms with Crippen molar-refractivity contribution in [2.24, 2.45) is 5.92 Å². The molecular formula is C23H25N3O5. The highest BCUT2D eigenvalue weighted by atomic mass is 16.5. The number of hydrogen-bond donors (Lipinski definition) is 0. The number of para-hydroxylation sites is 1. The summed E-state index contributed by atoms with van der Waals surface area (Å²) in [4.78, 5) is 28.7. The van der Waals surface area contributed by atoms with Crippen LogP contribution in [0.4, 0.5) is 5.69 Å². The van der Waals surface area contributed by atoms with Gasteiger partial charge in [0, 0.05) is 24.7 Å². The van der Waals surface area contributed by atoms with Crippen molar-refractivity contribution in [2.45, 2.75) is 18.5 Å². The van der Waals surface area contributed by atoms with Crippen LogP contribution < -0.4 is 19.1 Å². The molecule has 0 aliphatic carbocycles. The number of hydrazine groups is 1. The van der Waals surface area contributed by atoms with Crippen molar-refractivity contribution in [3.63, 3.8) is 0 Å². The zero-order valence-electron chi connectivity index (χ0n) is 17.8.